The van der Waals surface area contributed by atoms with E-state index >= 15 is 0 Å². The van der Waals surface area contributed by atoms with E-state index in [1.807, 2.05) is 12.1 Å². The molecule has 0 amide bonds. The van der Waals surface area contributed by atoms with Crippen LogP contribution in [0.3, 0.4) is 0 Å². The first-order chi connectivity index (χ1) is 11.2. The van der Waals surface area contributed by atoms with E-state index in [2.05, 4.69) is 32.9 Å². The average Bonchev–Trinajstić information content (AvgIpc) is 2.57. The third-order valence-corrected chi connectivity index (χ3v) is 5.23. The Morgan fingerprint density at radius 2 is 1.39 bits per heavy atom. The fourth-order valence-electron chi connectivity index (χ4n) is 3.76. The summed E-state index contributed by atoms with van der Waals surface area (Å²) in [6.07, 6.45) is 14.3. The first kappa shape index (κ1) is 20.1. The molecule has 132 valence electrons. The second-order valence-corrected chi connectivity index (χ2v) is 7.03. The number of phenolic OH excluding ortho intramolecular Hbond substituents is 1. The molecule has 0 saturated heterocycles. The molecule has 1 nitrogen and oxygen atoms in total. The van der Waals surface area contributed by atoms with Gasteiger partial charge in [0.2, 0.25) is 0 Å². The maximum Gasteiger partial charge on any atom is 0.119 e. The van der Waals surface area contributed by atoms with Crippen LogP contribution >= 0.6 is 0 Å². The van der Waals surface area contributed by atoms with Crippen LogP contribution in [0.15, 0.2) is 24.3 Å². The van der Waals surface area contributed by atoms with Crippen LogP contribution in [0, 0.1) is 5.92 Å². The van der Waals surface area contributed by atoms with Crippen molar-refractivity contribution in [2.75, 3.05) is 0 Å². The van der Waals surface area contributed by atoms with E-state index in [9.17, 15) is 5.11 Å². The molecule has 0 aliphatic carbocycles. The fourth-order valence-corrected chi connectivity index (χ4v) is 3.76. The van der Waals surface area contributed by atoms with E-state index < -0.39 is 0 Å². The van der Waals surface area contributed by atoms with Crippen LogP contribution in [0.2, 0.25) is 0 Å². The zero-order valence-electron chi connectivity index (χ0n) is 15.7. The van der Waals surface area contributed by atoms with Crippen molar-refractivity contribution in [3.05, 3.63) is 29.8 Å². The smallest absolute Gasteiger partial charge is 0.119 e. The molecule has 0 saturated carbocycles. The van der Waals surface area contributed by atoms with E-state index in [1.165, 1.54) is 76.2 Å². The zero-order chi connectivity index (χ0) is 16.9. The van der Waals surface area contributed by atoms with E-state index in [4.69, 9.17) is 0 Å². The first-order valence-electron chi connectivity index (χ1n) is 10.0. The topological polar surface area (TPSA) is 20.2 Å². The highest BCUT2D eigenvalue weighted by Gasteiger charge is 2.23. The van der Waals surface area contributed by atoms with Crippen molar-refractivity contribution in [1.29, 1.82) is 0 Å². The standard InChI is InChI=1S/C22H38O/c1-4-7-9-10-12-16-20(19(6-3)15-11-8-5-2)21-17-13-14-18-22(21)23/h13-14,17-20,23H,4-12,15-16H2,1-3H3. The van der Waals surface area contributed by atoms with Gasteiger partial charge in [0.15, 0.2) is 0 Å². The molecule has 0 spiro atoms. The van der Waals surface area contributed by atoms with Crippen molar-refractivity contribution in [2.24, 2.45) is 5.92 Å². The molecule has 0 aromatic heterocycles. The maximum absolute atomic E-state index is 10.3. The van der Waals surface area contributed by atoms with Gasteiger partial charge >= 0.3 is 0 Å². The second-order valence-electron chi connectivity index (χ2n) is 7.03. The summed E-state index contributed by atoms with van der Waals surface area (Å²) in [6.45, 7) is 6.86. The molecule has 1 N–H and O–H groups in total. The quantitative estimate of drug-likeness (QED) is 0.375. The van der Waals surface area contributed by atoms with Gasteiger partial charge < -0.3 is 5.11 Å². The molecule has 2 unspecified atom stereocenters. The van der Waals surface area contributed by atoms with Crippen molar-refractivity contribution in [1.82, 2.24) is 0 Å². The lowest BCUT2D eigenvalue weighted by Gasteiger charge is -2.27. The summed E-state index contributed by atoms with van der Waals surface area (Å²) in [5.74, 6) is 1.74. The maximum atomic E-state index is 10.3. The summed E-state index contributed by atoms with van der Waals surface area (Å²) >= 11 is 0. The highest BCUT2D eigenvalue weighted by atomic mass is 16.3. The SMILES string of the molecule is CCCCCCCC(c1ccccc1O)C(CC)CCCCC. The first-order valence-corrected chi connectivity index (χ1v) is 10.0. The van der Waals surface area contributed by atoms with Crippen molar-refractivity contribution in [3.8, 4) is 5.75 Å². The predicted octanol–water partition coefficient (Wildman–Crippen LogP) is 7.44. The number of hydrogen-bond donors (Lipinski definition) is 1. The molecule has 0 heterocycles. The minimum absolute atomic E-state index is 0.500. The molecule has 0 aliphatic rings. The Hall–Kier alpha value is -0.980. The summed E-state index contributed by atoms with van der Waals surface area (Å²) in [6, 6.07) is 8.03. The van der Waals surface area contributed by atoms with Crippen molar-refractivity contribution in [3.63, 3.8) is 0 Å². The Balaban J connectivity index is 2.72. The van der Waals surface area contributed by atoms with E-state index in [0.29, 0.717) is 17.6 Å². The Morgan fingerprint density at radius 1 is 0.783 bits per heavy atom. The van der Waals surface area contributed by atoms with Gasteiger partial charge in [0.25, 0.3) is 0 Å². The molecular weight excluding hydrogens is 280 g/mol. The molecule has 0 radical (unpaired) electrons. The molecule has 1 rings (SSSR count). The normalized spacial score (nSPS) is 13.9. The van der Waals surface area contributed by atoms with Gasteiger partial charge in [0.05, 0.1) is 0 Å². The number of phenols is 1. The number of unbranched alkanes of at least 4 members (excludes halogenated alkanes) is 6. The monoisotopic (exact) mass is 318 g/mol. The number of aromatic hydroxyl groups is 1. The second kappa shape index (κ2) is 12.4. The van der Waals surface area contributed by atoms with Gasteiger partial charge in [-0.1, -0.05) is 96.8 Å². The highest BCUT2D eigenvalue weighted by Crippen LogP contribution is 2.39. The van der Waals surface area contributed by atoms with E-state index in [1.54, 1.807) is 0 Å². The molecule has 1 aromatic carbocycles. The van der Waals surface area contributed by atoms with E-state index in [0.717, 1.165) is 0 Å². The van der Waals surface area contributed by atoms with Crippen LogP contribution in [0.1, 0.15) is 103 Å². The zero-order valence-corrected chi connectivity index (χ0v) is 15.7. The largest absolute Gasteiger partial charge is 0.508 e. The summed E-state index contributed by atoms with van der Waals surface area (Å²) < 4.78 is 0. The lowest BCUT2D eigenvalue weighted by atomic mass is 9.78. The Labute approximate surface area is 144 Å². The number of para-hydroxylation sites is 1. The van der Waals surface area contributed by atoms with Crippen LogP contribution in [-0.2, 0) is 0 Å². The van der Waals surface area contributed by atoms with Gasteiger partial charge in [-0.05, 0) is 36.3 Å². The third-order valence-electron chi connectivity index (χ3n) is 5.23. The lowest BCUT2D eigenvalue weighted by molar-refractivity contribution is 0.334. The number of benzene rings is 1. The van der Waals surface area contributed by atoms with Gasteiger partial charge in [-0.15, -0.1) is 0 Å². The predicted molar refractivity (Wildman–Crippen MR) is 102 cm³/mol. The Kier molecular flexibility index (Phi) is 10.9. The van der Waals surface area contributed by atoms with Gasteiger partial charge in [0.1, 0.15) is 5.75 Å². The molecule has 0 bridgehead atoms. The van der Waals surface area contributed by atoms with Crippen molar-refractivity contribution >= 4 is 0 Å². The summed E-state index contributed by atoms with van der Waals surface area (Å²) in [7, 11) is 0. The number of hydrogen-bond acceptors (Lipinski definition) is 1. The Morgan fingerprint density at radius 3 is 2.04 bits per heavy atom. The summed E-state index contributed by atoms with van der Waals surface area (Å²) in [4.78, 5) is 0. The molecule has 2 atom stereocenters. The van der Waals surface area contributed by atoms with Gasteiger partial charge in [-0.3, -0.25) is 0 Å². The van der Waals surface area contributed by atoms with Crippen LogP contribution in [0.25, 0.3) is 0 Å². The average molecular weight is 319 g/mol. The van der Waals surface area contributed by atoms with Crippen LogP contribution < -0.4 is 0 Å². The number of rotatable bonds is 13. The Bertz CT molecular complexity index is 399. The van der Waals surface area contributed by atoms with Crippen LogP contribution in [-0.4, -0.2) is 5.11 Å². The van der Waals surface area contributed by atoms with Gasteiger partial charge in [0, 0.05) is 0 Å². The molecular formula is C22H38O. The molecule has 1 heteroatoms. The van der Waals surface area contributed by atoms with Crippen LogP contribution in [0.5, 0.6) is 5.75 Å². The lowest BCUT2D eigenvalue weighted by Crippen LogP contribution is -2.13. The van der Waals surface area contributed by atoms with Crippen molar-refractivity contribution in [2.45, 2.75) is 97.3 Å². The van der Waals surface area contributed by atoms with Gasteiger partial charge in [-0.2, -0.15) is 0 Å². The highest BCUT2D eigenvalue weighted by molar-refractivity contribution is 5.35. The van der Waals surface area contributed by atoms with Crippen molar-refractivity contribution < 1.29 is 5.11 Å². The molecule has 0 aliphatic heterocycles. The molecule has 0 fully saturated rings. The fraction of sp³-hybridized carbons (Fsp3) is 0.727. The summed E-state index contributed by atoms with van der Waals surface area (Å²) in [5.41, 5.74) is 1.19. The van der Waals surface area contributed by atoms with E-state index in [-0.39, 0.29) is 0 Å². The van der Waals surface area contributed by atoms with Crippen LogP contribution in [0.4, 0.5) is 0 Å². The minimum atomic E-state index is 0.500. The molecule has 1 aromatic rings. The molecule has 23 heavy (non-hydrogen) atoms. The van der Waals surface area contributed by atoms with Gasteiger partial charge in [-0.25, -0.2) is 0 Å². The summed E-state index contributed by atoms with van der Waals surface area (Å²) in [5, 5.41) is 10.3. The third kappa shape index (κ3) is 7.42. The minimum Gasteiger partial charge on any atom is -0.508 e.